The predicted octanol–water partition coefficient (Wildman–Crippen LogP) is 5.46. The standard InChI is InChI=1S/C15H15BrF3NS/c1-8-6-11(9(2)21-8)14(20-3)10-4-5-13(16)12(7-10)15(17,18)19/h4-7,14,20H,1-3H3. The van der Waals surface area contributed by atoms with Gasteiger partial charge in [0.1, 0.15) is 0 Å². The van der Waals surface area contributed by atoms with E-state index in [0.29, 0.717) is 5.56 Å². The normalized spacial score (nSPS) is 13.5. The molecule has 1 heterocycles. The van der Waals surface area contributed by atoms with Crippen molar-refractivity contribution in [2.45, 2.75) is 26.1 Å². The molecule has 0 spiro atoms. The van der Waals surface area contributed by atoms with Crippen LogP contribution in [-0.4, -0.2) is 7.05 Å². The minimum absolute atomic E-state index is 0.0619. The zero-order valence-electron chi connectivity index (χ0n) is 11.8. The molecule has 0 saturated carbocycles. The predicted molar refractivity (Wildman–Crippen MR) is 83.8 cm³/mol. The van der Waals surface area contributed by atoms with Gasteiger partial charge in [0.2, 0.25) is 0 Å². The van der Waals surface area contributed by atoms with Crippen LogP contribution in [0.25, 0.3) is 0 Å². The molecule has 2 rings (SSSR count). The first-order chi connectivity index (χ1) is 9.74. The van der Waals surface area contributed by atoms with Gasteiger partial charge in [0.25, 0.3) is 0 Å². The van der Waals surface area contributed by atoms with Gasteiger partial charge in [-0.15, -0.1) is 11.3 Å². The fourth-order valence-corrected chi connectivity index (χ4v) is 3.81. The van der Waals surface area contributed by atoms with E-state index in [9.17, 15) is 13.2 Å². The van der Waals surface area contributed by atoms with Gasteiger partial charge in [-0.2, -0.15) is 13.2 Å². The third-order valence-corrected chi connectivity index (χ3v) is 4.98. The average Bonchev–Trinajstić information content (AvgIpc) is 2.70. The topological polar surface area (TPSA) is 12.0 Å². The van der Waals surface area contributed by atoms with Crippen LogP contribution in [0.1, 0.15) is 32.5 Å². The van der Waals surface area contributed by atoms with Crippen molar-refractivity contribution < 1.29 is 13.2 Å². The number of benzene rings is 1. The van der Waals surface area contributed by atoms with Gasteiger partial charge in [-0.25, -0.2) is 0 Å². The zero-order chi connectivity index (χ0) is 15.8. The molecule has 0 amide bonds. The number of rotatable bonds is 3. The van der Waals surface area contributed by atoms with Gasteiger partial charge in [0.05, 0.1) is 11.6 Å². The summed E-state index contributed by atoms with van der Waals surface area (Å²) >= 11 is 4.62. The lowest BCUT2D eigenvalue weighted by molar-refractivity contribution is -0.138. The van der Waals surface area contributed by atoms with Crippen molar-refractivity contribution in [1.29, 1.82) is 0 Å². The molecule has 21 heavy (non-hydrogen) atoms. The van der Waals surface area contributed by atoms with Crippen molar-refractivity contribution in [2.24, 2.45) is 0 Å². The summed E-state index contributed by atoms with van der Waals surface area (Å²) in [4.78, 5) is 2.26. The van der Waals surface area contributed by atoms with Crippen LogP contribution in [-0.2, 0) is 6.18 Å². The molecule has 1 aromatic carbocycles. The largest absolute Gasteiger partial charge is 0.417 e. The third-order valence-electron chi connectivity index (χ3n) is 3.31. The molecule has 0 radical (unpaired) electrons. The van der Waals surface area contributed by atoms with Gasteiger partial charge in [-0.05, 0) is 50.2 Å². The SMILES string of the molecule is CNC(c1ccc(Br)c(C(F)(F)F)c1)c1cc(C)sc1C. The van der Waals surface area contributed by atoms with Gasteiger partial charge < -0.3 is 5.32 Å². The van der Waals surface area contributed by atoms with E-state index in [2.05, 4.69) is 21.2 Å². The van der Waals surface area contributed by atoms with Crippen molar-refractivity contribution >= 4 is 27.3 Å². The van der Waals surface area contributed by atoms with E-state index in [1.54, 1.807) is 24.5 Å². The Labute approximate surface area is 134 Å². The Hall–Kier alpha value is -0.850. The maximum Gasteiger partial charge on any atom is 0.417 e. The maximum atomic E-state index is 13.0. The smallest absolute Gasteiger partial charge is 0.309 e. The Kier molecular flexibility index (Phi) is 4.80. The van der Waals surface area contributed by atoms with Crippen molar-refractivity contribution in [3.05, 3.63) is 55.2 Å². The van der Waals surface area contributed by atoms with Crippen molar-refractivity contribution in [1.82, 2.24) is 5.32 Å². The highest BCUT2D eigenvalue weighted by Crippen LogP contribution is 2.38. The summed E-state index contributed by atoms with van der Waals surface area (Å²) in [5.41, 5.74) is 0.981. The molecule has 0 aliphatic heterocycles. The van der Waals surface area contributed by atoms with Crippen molar-refractivity contribution in [3.8, 4) is 0 Å². The Morgan fingerprint density at radius 1 is 1.19 bits per heavy atom. The van der Waals surface area contributed by atoms with Gasteiger partial charge in [0, 0.05) is 14.2 Å². The quantitative estimate of drug-likeness (QED) is 0.749. The molecular formula is C15H15BrF3NS. The molecular weight excluding hydrogens is 363 g/mol. The molecule has 0 aliphatic rings. The highest BCUT2D eigenvalue weighted by molar-refractivity contribution is 9.10. The zero-order valence-corrected chi connectivity index (χ0v) is 14.2. The van der Waals surface area contributed by atoms with E-state index in [0.717, 1.165) is 15.3 Å². The van der Waals surface area contributed by atoms with Crippen molar-refractivity contribution in [3.63, 3.8) is 0 Å². The number of nitrogens with one attached hydrogen (secondary N) is 1. The molecule has 0 fully saturated rings. The van der Waals surface area contributed by atoms with Gasteiger partial charge in [-0.1, -0.05) is 22.0 Å². The summed E-state index contributed by atoms with van der Waals surface area (Å²) in [5, 5.41) is 3.11. The van der Waals surface area contributed by atoms with Crippen LogP contribution in [0.2, 0.25) is 0 Å². The Balaban J connectivity index is 2.51. The molecule has 1 nitrogen and oxygen atoms in total. The summed E-state index contributed by atoms with van der Waals surface area (Å²) in [6.07, 6.45) is -4.37. The fraction of sp³-hybridized carbons (Fsp3) is 0.333. The number of halogens is 4. The number of hydrogen-bond acceptors (Lipinski definition) is 2. The first-order valence-corrected chi connectivity index (χ1v) is 7.96. The number of aryl methyl sites for hydroxylation is 2. The van der Waals surface area contributed by atoms with E-state index in [-0.39, 0.29) is 10.5 Å². The first-order valence-electron chi connectivity index (χ1n) is 6.35. The fourth-order valence-electron chi connectivity index (χ4n) is 2.38. The minimum Gasteiger partial charge on any atom is -0.309 e. The Morgan fingerprint density at radius 3 is 2.33 bits per heavy atom. The molecule has 1 unspecified atom stereocenters. The summed E-state index contributed by atoms with van der Waals surface area (Å²) in [6, 6.07) is 6.15. The van der Waals surface area contributed by atoms with Crippen LogP contribution in [0.5, 0.6) is 0 Å². The second-order valence-electron chi connectivity index (χ2n) is 4.83. The molecule has 114 valence electrons. The molecule has 2 aromatic rings. The molecule has 0 bridgehead atoms. The molecule has 1 atom stereocenters. The van der Waals surface area contributed by atoms with Crippen LogP contribution < -0.4 is 5.32 Å². The Bertz CT molecular complexity index is 649. The van der Waals surface area contributed by atoms with Crippen LogP contribution in [0, 0.1) is 13.8 Å². The number of thiophene rings is 1. The van der Waals surface area contributed by atoms with Crippen LogP contribution >= 0.6 is 27.3 Å². The monoisotopic (exact) mass is 377 g/mol. The molecule has 0 saturated heterocycles. The molecule has 1 aromatic heterocycles. The highest BCUT2D eigenvalue weighted by atomic mass is 79.9. The molecule has 1 N–H and O–H groups in total. The average molecular weight is 378 g/mol. The van der Waals surface area contributed by atoms with Gasteiger partial charge in [0.15, 0.2) is 0 Å². The Morgan fingerprint density at radius 2 is 1.86 bits per heavy atom. The summed E-state index contributed by atoms with van der Waals surface area (Å²) in [7, 11) is 1.76. The summed E-state index contributed by atoms with van der Waals surface area (Å²) < 4.78 is 39.2. The lowest BCUT2D eigenvalue weighted by atomic mass is 9.97. The summed E-state index contributed by atoms with van der Waals surface area (Å²) in [5.74, 6) is 0. The van der Waals surface area contributed by atoms with E-state index < -0.39 is 11.7 Å². The van der Waals surface area contributed by atoms with E-state index >= 15 is 0 Å². The highest BCUT2D eigenvalue weighted by Gasteiger charge is 2.33. The van der Waals surface area contributed by atoms with Crippen LogP contribution in [0.15, 0.2) is 28.7 Å². The van der Waals surface area contributed by atoms with E-state index in [1.807, 2.05) is 19.9 Å². The summed E-state index contributed by atoms with van der Waals surface area (Å²) in [6.45, 7) is 3.98. The number of hydrogen-bond donors (Lipinski definition) is 1. The van der Waals surface area contributed by atoms with E-state index in [4.69, 9.17) is 0 Å². The van der Waals surface area contributed by atoms with Gasteiger partial charge in [-0.3, -0.25) is 0 Å². The van der Waals surface area contributed by atoms with Gasteiger partial charge >= 0.3 is 6.18 Å². The first kappa shape index (κ1) is 16.5. The molecule has 6 heteroatoms. The lowest BCUT2D eigenvalue weighted by Gasteiger charge is -2.19. The lowest BCUT2D eigenvalue weighted by Crippen LogP contribution is -2.19. The van der Waals surface area contributed by atoms with Crippen LogP contribution in [0.3, 0.4) is 0 Å². The second-order valence-corrected chi connectivity index (χ2v) is 7.14. The van der Waals surface area contributed by atoms with Crippen LogP contribution in [0.4, 0.5) is 13.2 Å². The number of alkyl halides is 3. The maximum absolute atomic E-state index is 13.0. The van der Waals surface area contributed by atoms with E-state index in [1.165, 1.54) is 12.1 Å². The minimum atomic E-state index is -4.37. The van der Waals surface area contributed by atoms with Crippen molar-refractivity contribution in [2.75, 3.05) is 7.05 Å². The second kappa shape index (κ2) is 6.10. The third kappa shape index (κ3) is 3.49. The molecule has 0 aliphatic carbocycles.